The number of rotatable bonds is 4. The van der Waals surface area contributed by atoms with Crippen molar-refractivity contribution < 1.29 is 13.9 Å². The summed E-state index contributed by atoms with van der Waals surface area (Å²) >= 11 is 6.71. The van der Waals surface area contributed by atoms with Gasteiger partial charge in [0.1, 0.15) is 23.4 Å². The molecule has 1 N–H and O–H groups in total. The summed E-state index contributed by atoms with van der Waals surface area (Å²) in [4.78, 5) is 24.2. The van der Waals surface area contributed by atoms with E-state index in [1.165, 1.54) is 6.07 Å². The average Bonchev–Trinajstić information content (AvgIpc) is 3.67. The molecular formula is C28H24ClFN6O2. The van der Waals surface area contributed by atoms with Crippen LogP contribution in [0.3, 0.4) is 0 Å². The van der Waals surface area contributed by atoms with Crippen LogP contribution >= 0.6 is 11.6 Å². The van der Waals surface area contributed by atoms with Crippen molar-refractivity contribution in [2.45, 2.75) is 44.2 Å². The minimum absolute atomic E-state index is 0.281. The molecule has 0 bridgehead atoms. The van der Waals surface area contributed by atoms with E-state index in [1.54, 1.807) is 34.1 Å². The van der Waals surface area contributed by atoms with Gasteiger partial charge in [-0.1, -0.05) is 11.6 Å². The lowest BCUT2D eigenvalue weighted by Gasteiger charge is -2.33. The van der Waals surface area contributed by atoms with Crippen LogP contribution in [0.4, 0.5) is 20.6 Å². The van der Waals surface area contributed by atoms with Crippen LogP contribution in [-0.4, -0.2) is 25.8 Å². The summed E-state index contributed by atoms with van der Waals surface area (Å²) in [5.74, 6) is 0.554. The fourth-order valence-corrected chi connectivity index (χ4v) is 5.58. The number of aryl methyl sites for hydroxylation is 2. The van der Waals surface area contributed by atoms with Crippen molar-refractivity contribution >= 4 is 29.0 Å². The molecule has 0 spiro atoms. The molecule has 0 radical (unpaired) electrons. The molecule has 10 heteroatoms. The van der Waals surface area contributed by atoms with E-state index in [1.807, 2.05) is 25.4 Å². The van der Waals surface area contributed by atoms with Crippen LogP contribution in [0.5, 0.6) is 5.75 Å². The van der Waals surface area contributed by atoms with Gasteiger partial charge in [0.15, 0.2) is 0 Å². The molecule has 1 aromatic carbocycles. The first-order valence-electron chi connectivity index (χ1n) is 12.7. The molecule has 4 aromatic rings. The predicted molar refractivity (Wildman–Crippen MR) is 141 cm³/mol. The second kappa shape index (κ2) is 8.80. The SMILES string of the molecule is Cn1cc(-c2cc3c(c(C4CC4)n2)CN(c2cc4c(cc2Cl)CCC(c2ncccc2F)O4)C(=O)N3)cn1. The molecule has 5 heterocycles. The Balaban J connectivity index is 1.24. The third kappa shape index (κ3) is 3.98. The molecule has 3 aliphatic rings. The zero-order chi connectivity index (χ0) is 26.0. The van der Waals surface area contributed by atoms with E-state index >= 15 is 0 Å². The summed E-state index contributed by atoms with van der Waals surface area (Å²) in [7, 11) is 1.87. The van der Waals surface area contributed by atoms with Crippen LogP contribution in [0, 0.1) is 5.82 Å². The number of fused-ring (bicyclic) bond motifs is 2. The maximum absolute atomic E-state index is 14.4. The summed E-state index contributed by atoms with van der Waals surface area (Å²) in [5, 5.41) is 7.78. The Morgan fingerprint density at radius 1 is 1.18 bits per heavy atom. The minimum Gasteiger partial charge on any atom is -0.484 e. The largest absolute Gasteiger partial charge is 0.484 e. The second-order valence-corrected chi connectivity index (χ2v) is 10.4. The summed E-state index contributed by atoms with van der Waals surface area (Å²) in [6, 6.07) is 8.19. The molecule has 0 saturated heterocycles. The van der Waals surface area contributed by atoms with Crippen LogP contribution in [0.15, 0.2) is 48.9 Å². The third-order valence-corrected chi connectivity index (χ3v) is 7.68. The number of amides is 2. The van der Waals surface area contributed by atoms with Crippen molar-refractivity contribution in [3.05, 3.63) is 82.3 Å². The predicted octanol–water partition coefficient (Wildman–Crippen LogP) is 6.17. The maximum Gasteiger partial charge on any atom is 0.326 e. The van der Waals surface area contributed by atoms with E-state index in [0.29, 0.717) is 41.8 Å². The molecule has 1 aliphatic carbocycles. The van der Waals surface area contributed by atoms with Crippen molar-refractivity contribution in [2.24, 2.45) is 7.05 Å². The van der Waals surface area contributed by atoms with Gasteiger partial charge in [0.2, 0.25) is 0 Å². The zero-order valence-electron chi connectivity index (χ0n) is 20.6. The molecule has 1 fully saturated rings. The molecule has 2 aliphatic heterocycles. The van der Waals surface area contributed by atoms with E-state index in [0.717, 1.165) is 46.6 Å². The van der Waals surface area contributed by atoms with Crippen LogP contribution in [0.25, 0.3) is 11.3 Å². The number of nitrogens with one attached hydrogen (secondary N) is 1. The van der Waals surface area contributed by atoms with E-state index in [2.05, 4.69) is 15.4 Å². The summed E-state index contributed by atoms with van der Waals surface area (Å²) in [6.45, 7) is 0.337. The molecule has 1 unspecified atom stereocenters. The van der Waals surface area contributed by atoms with Gasteiger partial charge >= 0.3 is 6.03 Å². The number of benzene rings is 1. The van der Waals surface area contributed by atoms with Crippen molar-refractivity contribution in [2.75, 3.05) is 10.2 Å². The highest BCUT2D eigenvalue weighted by atomic mass is 35.5. The lowest BCUT2D eigenvalue weighted by Crippen LogP contribution is -2.39. The van der Waals surface area contributed by atoms with E-state index in [-0.39, 0.29) is 11.7 Å². The van der Waals surface area contributed by atoms with Gasteiger partial charge in [-0.3, -0.25) is 19.5 Å². The number of carbonyl (C=O) groups is 1. The first-order valence-corrected chi connectivity index (χ1v) is 13.0. The van der Waals surface area contributed by atoms with Crippen molar-refractivity contribution in [1.29, 1.82) is 0 Å². The Bertz CT molecular complexity index is 1600. The van der Waals surface area contributed by atoms with E-state index in [9.17, 15) is 9.18 Å². The van der Waals surface area contributed by atoms with Gasteiger partial charge < -0.3 is 10.1 Å². The van der Waals surface area contributed by atoms with Gasteiger partial charge in [-0.05, 0) is 55.5 Å². The summed E-state index contributed by atoms with van der Waals surface area (Å²) < 4.78 is 22.3. The number of carbonyl (C=O) groups excluding carboxylic acids is 1. The Morgan fingerprint density at radius 3 is 2.82 bits per heavy atom. The van der Waals surface area contributed by atoms with Crippen LogP contribution in [0.2, 0.25) is 5.02 Å². The van der Waals surface area contributed by atoms with Crippen molar-refractivity contribution in [3.63, 3.8) is 0 Å². The molecule has 1 saturated carbocycles. The van der Waals surface area contributed by atoms with Gasteiger partial charge in [-0.25, -0.2) is 9.18 Å². The lowest BCUT2D eigenvalue weighted by molar-refractivity contribution is 0.167. The number of hydrogen-bond donors (Lipinski definition) is 1. The third-order valence-electron chi connectivity index (χ3n) is 7.38. The van der Waals surface area contributed by atoms with Gasteiger partial charge in [0.25, 0.3) is 0 Å². The Labute approximate surface area is 223 Å². The molecule has 192 valence electrons. The monoisotopic (exact) mass is 530 g/mol. The number of urea groups is 1. The molecule has 3 aromatic heterocycles. The summed E-state index contributed by atoms with van der Waals surface area (Å²) in [6.07, 6.45) is 8.14. The topological polar surface area (TPSA) is 85.2 Å². The second-order valence-electron chi connectivity index (χ2n) is 10.0. The standard InChI is InChI=1S/C28H24ClFN6O2/c1-35-13-17(12-32-35)21-10-22-18(26(33-21)15-4-5-15)14-36(28(37)34-22)23-11-25-16(9-19(23)29)6-7-24(38-25)27-20(30)3-2-8-31-27/h2-3,8-13,15,24H,4-7,14H2,1H3,(H,34,37). The maximum atomic E-state index is 14.4. The Hall–Kier alpha value is -3.98. The number of anilines is 2. The van der Waals surface area contributed by atoms with Gasteiger partial charge in [0, 0.05) is 42.6 Å². The molecule has 38 heavy (non-hydrogen) atoms. The van der Waals surface area contributed by atoms with Gasteiger partial charge in [-0.2, -0.15) is 5.10 Å². The lowest BCUT2D eigenvalue weighted by atomic mass is 9.98. The van der Waals surface area contributed by atoms with Gasteiger partial charge in [-0.15, -0.1) is 0 Å². The normalized spacial score (nSPS) is 18.4. The number of ether oxygens (including phenoxy) is 1. The van der Waals surface area contributed by atoms with Crippen LogP contribution < -0.4 is 15.0 Å². The molecule has 2 amide bonds. The van der Waals surface area contributed by atoms with E-state index in [4.69, 9.17) is 21.3 Å². The quantitative estimate of drug-likeness (QED) is 0.341. The number of pyridine rings is 2. The highest BCUT2D eigenvalue weighted by molar-refractivity contribution is 6.34. The highest BCUT2D eigenvalue weighted by Crippen LogP contribution is 2.46. The first-order chi connectivity index (χ1) is 18.4. The first kappa shape index (κ1) is 23.2. The minimum atomic E-state index is -0.509. The Kier molecular flexibility index (Phi) is 5.36. The molecular weight excluding hydrogens is 507 g/mol. The van der Waals surface area contributed by atoms with E-state index < -0.39 is 11.9 Å². The fourth-order valence-electron chi connectivity index (χ4n) is 5.29. The van der Waals surface area contributed by atoms with Crippen LogP contribution in [-0.2, 0) is 20.0 Å². The highest BCUT2D eigenvalue weighted by Gasteiger charge is 2.35. The average molecular weight is 531 g/mol. The van der Waals surface area contributed by atoms with Crippen molar-refractivity contribution in [1.82, 2.24) is 19.7 Å². The number of halogens is 2. The van der Waals surface area contributed by atoms with Crippen molar-refractivity contribution in [3.8, 4) is 17.0 Å². The number of hydrogen-bond acceptors (Lipinski definition) is 5. The zero-order valence-corrected chi connectivity index (χ0v) is 21.4. The molecule has 1 atom stereocenters. The summed E-state index contributed by atoms with van der Waals surface area (Å²) in [5.41, 5.74) is 6.19. The smallest absolute Gasteiger partial charge is 0.326 e. The number of nitrogens with zero attached hydrogens (tertiary/aromatic N) is 5. The molecule has 8 nitrogen and oxygen atoms in total. The number of aromatic nitrogens is 4. The molecule has 7 rings (SSSR count). The fraction of sp³-hybridized carbons (Fsp3) is 0.286. The van der Waals surface area contributed by atoms with Gasteiger partial charge in [0.05, 0.1) is 40.5 Å². The Morgan fingerprint density at radius 2 is 2.05 bits per heavy atom. The van der Waals surface area contributed by atoms with Crippen LogP contribution in [0.1, 0.15) is 53.8 Å².